The first kappa shape index (κ1) is 26.3. The normalized spacial score (nSPS) is 20.2. The summed E-state index contributed by atoms with van der Waals surface area (Å²) in [5.74, 6) is -1.07. The highest BCUT2D eigenvalue weighted by atomic mass is 79.9. The van der Waals surface area contributed by atoms with Gasteiger partial charge in [0.25, 0.3) is 0 Å². The van der Waals surface area contributed by atoms with E-state index in [2.05, 4.69) is 28.1 Å². The van der Waals surface area contributed by atoms with Crippen LogP contribution in [0.5, 0.6) is 5.75 Å². The van der Waals surface area contributed by atoms with Gasteiger partial charge in [-0.2, -0.15) is 0 Å². The molecule has 0 N–H and O–H groups in total. The fraction of sp³-hybridized carbons (Fsp3) is 0.517. The van der Waals surface area contributed by atoms with E-state index in [0.29, 0.717) is 13.0 Å². The largest absolute Gasteiger partial charge is 0.493 e. The van der Waals surface area contributed by atoms with E-state index in [9.17, 15) is 4.39 Å². The van der Waals surface area contributed by atoms with Gasteiger partial charge in [-0.05, 0) is 68.7 Å². The number of nitrogens with zero attached hydrogens (tertiary/aromatic N) is 1. The van der Waals surface area contributed by atoms with Crippen molar-refractivity contribution >= 4 is 21.5 Å². The van der Waals surface area contributed by atoms with Gasteiger partial charge in [-0.15, -0.1) is 0 Å². The Bertz CT molecular complexity index is 1050. The molecule has 0 aromatic heterocycles. The molecule has 2 aromatic rings. The maximum absolute atomic E-state index is 15.6. The molecular weight excluding hydrogens is 515 g/mol. The van der Waals surface area contributed by atoms with Gasteiger partial charge in [-0.1, -0.05) is 53.0 Å². The summed E-state index contributed by atoms with van der Waals surface area (Å²) in [7, 11) is 0. The number of rotatable bonds is 10. The highest BCUT2D eigenvalue weighted by molar-refractivity contribution is 9.09. The highest BCUT2D eigenvalue weighted by Crippen LogP contribution is 2.50. The molecule has 1 heterocycles. The van der Waals surface area contributed by atoms with Crippen molar-refractivity contribution in [2.24, 2.45) is 0 Å². The first-order valence-electron chi connectivity index (χ1n) is 12.6. The number of unbranched alkanes of at least 4 members (excludes halogenated alkanes) is 3. The lowest BCUT2D eigenvalue weighted by atomic mass is 9.84. The van der Waals surface area contributed by atoms with E-state index in [0.717, 1.165) is 59.7 Å². The Morgan fingerprint density at radius 1 is 1.06 bits per heavy atom. The van der Waals surface area contributed by atoms with E-state index in [-0.39, 0.29) is 23.9 Å². The summed E-state index contributed by atoms with van der Waals surface area (Å²) in [4.78, 5) is 1.94. The molecular formula is C29H35BrF3NO. The van der Waals surface area contributed by atoms with E-state index in [4.69, 9.17) is 4.74 Å². The molecule has 0 spiro atoms. The molecule has 0 radical (unpaired) electrons. The number of alkyl halides is 2. The smallest absolute Gasteiger partial charge is 0.134 e. The third kappa shape index (κ3) is 5.96. The van der Waals surface area contributed by atoms with Gasteiger partial charge in [0.2, 0.25) is 0 Å². The van der Waals surface area contributed by atoms with Crippen LogP contribution >= 0.6 is 15.9 Å². The molecule has 0 saturated carbocycles. The minimum Gasteiger partial charge on any atom is -0.493 e. The molecule has 2 aliphatic rings. The van der Waals surface area contributed by atoms with Crippen molar-refractivity contribution in [2.45, 2.75) is 77.0 Å². The van der Waals surface area contributed by atoms with E-state index in [1.807, 2.05) is 24.0 Å². The maximum Gasteiger partial charge on any atom is 0.134 e. The number of fused-ring (bicyclic) bond motifs is 2. The topological polar surface area (TPSA) is 12.5 Å². The zero-order valence-electron chi connectivity index (χ0n) is 20.9. The molecule has 4 rings (SSSR count). The third-order valence-electron chi connectivity index (χ3n) is 7.02. The lowest BCUT2D eigenvalue weighted by Gasteiger charge is -2.44. The maximum atomic E-state index is 15.6. The average molecular weight is 551 g/mol. The number of benzene rings is 2. The number of halogens is 4. The third-order valence-corrected chi connectivity index (χ3v) is 7.58. The van der Waals surface area contributed by atoms with Gasteiger partial charge in [0, 0.05) is 35.6 Å². The number of hydrogen-bond donors (Lipinski definition) is 0. The Morgan fingerprint density at radius 2 is 1.74 bits per heavy atom. The van der Waals surface area contributed by atoms with Gasteiger partial charge >= 0.3 is 0 Å². The highest BCUT2D eigenvalue weighted by Gasteiger charge is 2.42. The van der Waals surface area contributed by atoms with Gasteiger partial charge < -0.3 is 4.74 Å². The molecule has 0 saturated heterocycles. The zero-order chi connectivity index (χ0) is 25.2. The second kappa shape index (κ2) is 11.1. The van der Waals surface area contributed by atoms with E-state index < -0.39 is 23.3 Å². The summed E-state index contributed by atoms with van der Waals surface area (Å²) < 4.78 is 51.8. The van der Waals surface area contributed by atoms with Crippen LogP contribution in [-0.4, -0.2) is 35.1 Å². The minimum absolute atomic E-state index is 0.00854. The SMILES string of the molecule is C[C@@H]1CC2=C(Cc3ccccc32)[C@@H](c2c(F)cc(OCCCCCCBr)cc2F)N1CC(C)(C)F. The predicted molar refractivity (Wildman–Crippen MR) is 140 cm³/mol. The number of ether oxygens (including phenoxy) is 1. The van der Waals surface area contributed by atoms with Crippen molar-refractivity contribution in [3.63, 3.8) is 0 Å². The van der Waals surface area contributed by atoms with Crippen LogP contribution in [0, 0.1) is 11.6 Å². The summed E-state index contributed by atoms with van der Waals surface area (Å²) >= 11 is 3.42. The van der Waals surface area contributed by atoms with Crippen molar-refractivity contribution in [1.82, 2.24) is 4.90 Å². The monoisotopic (exact) mass is 549 g/mol. The fourth-order valence-electron chi connectivity index (χ4n) is 5.49. The lowest BCUT2D eigenvalue weighted by Crippen LogP contribution is -2.47. The Kier molecular flexibility index (Phi) is 8.32. The molecule has 35 heavy (non-hydrogen) atoms. The van der Waals surface area contributed by atoms with Crippen LogP contribution in [0.25, 0.3) is 5.57 Å². The Morgan fingerprint density at radius 3 is 2.43 bits per heavy atom. The van der Waals surface area contributed by atoms with Gasteiger partial charge in [0.15, 0.2) is 0 Å². The lowest BCUT2D eigenvalue weighted by molar-refractivity contribution is 0.0676. The van der Waals surface area contributed by atoms with Crippen LogP contribution in [0.1, 0.15) is 75.6 Å². The van der Waals surface area contributed by atoms with E-state index in [1.54, 1.807) is 0 Å². The molecule has 190 valence electrons. The second-order valence-electron chi connectivity index (χ2n) is 10.4. The van der Waals surface area contributed by atoms with Crippen molar-refractivity contribution < 1.29 is 17.9 Å². The van der Waals surface area contributed by atoms with Crippen LogP contribution in [0.4, 0.5) is 13.2 Å². The molecule has 0 bridgehead atoms. The molecule has 0 fully saturated rings. The summed E-state index contributed by atoms with van der Waals surface area (Å²) in [6, 6.07) is 10.0. The van der Waals surface area contributed by atoms with Crippen molar-refractivity contribution in [2.75, 3.05) is 18.5 Å². The second-order valence-corrected chi connectivity index (χ2v) is 11.2. The van der Waals surface area contributed by atoms with Crippen LogP contribution in [0.3, 0.4) is 0 Å². The average Bonchev–Trinajstić information content (AvgIpc) is 3.15. The van der Waals surface area contributed by atoms with E-state index in [1.165, 1.54) is 26.0 Å². The van der Waals surface area contributed by atoms with Gasteiger partial charge in [-0.25, -0.2) is 13.2 Å². The molecule has 1 aliphatic carbocycles. The Labute approximate surface area is 215 Å². The number of hydrogen-bond acceptors (Lipinski definition) is 2. The Hall–Kier alpha value is -1.79. The molecule has 2 aromatic carbocycles. The summed E-state index contributed by atoms with van der Waals surface area (Å²) in [5, 5.41) is 0.978. The van der Waals surface area contributed by atoms with Crippen LogP contribution < -0.4 is 4.74 Å². The van der Waals surface area contributed by atoms with Crippen molar-refractivity contribution in [1.29, 1.82) is 0 Å². The van der Waals surface area contributed by atoms with Crippen LogP contribution in [0.2, 0.25) is 0 Å². The first-order valence-corrected chi connectivity index (χ1v) is 13.7. The summed E-state index contributed by atoms with van der Waals surface area (Å²) in [6.07, 6.45) is 5.41. The van der Waals surface area contributed by atoms with Crippen molar-refractivity contribution in [3.8, 4) is 5.75 Å². The first-order chi connectivity index (χ1) is 16.7. The molecule has 0 unspecified atom stereocenters. The molecule has 2 atom stereocenters. The molecule has 0 amide bonds. The minimum atomic E-state index is -1.50. The standard InChI is InChI=1S/C29H35BrF3NO/c1-19-14-23-22-11-7-6-10-20(22)15-24(23)28(34(19)18-29(2,3)33)27-25(31)16-21(17-26(27)32)35-13-9-5-4-8-12-30/h6-7,10-11,16-17,19,28H,4-5,8-9,12-15,18H2,1-3H3/t19-,28+/m1/s1. The summed E-state index contributed by atoms with van der Waals surface area (Å²) in [6.45, 7) is 5.58. The fourth-order valence-corrected chi connectivity index (χ4v) is 5.89. The van der Waals surface area contributed by atoms with E-state index >= 15 is 8.78 Å². The Balaban J connectivity index is 1.66. The van der Waals surface area contributed by atoms with Gasteiger partial charge in [0.1, 0.15) is 23.1 Å². The molecule has 6 heteroatoms. The van der Waals surface area contributed by atoms with Gasteiger partial charge in [-0.3, -0.25) is 4.90 Å². The van der Waals surface area contributed by atoms with Crippen LogP contribution in [-0.2, 0) is 6.42 Å². The predicted octanol–water partition coefficient (Wildman–Crippen LogP) is 8.19. The van der Waals surface area contributed by atoms with Gasteiger partial charge in [0.05, 0.1) is 12.6 Å². The van der Waals surface area contributed by atoms with Crippen molar-refractivity contribution in [3.05, 3.63) is 70.3 Å². The molecule has 2 nitrogen and oxygen atoms in total. The summed E-state index contributed by atoms with van der Waals surface area (Å²) in [5.41, 5.74) is 2.93. The van der Waals surface area contributed by atoms with Crippen LogP contribution in [0.15, 0.2) is 42.0 Å². The molecule has 1 aliphatic heterocycles. The zero-order valence-corrected chi connectivity index (χ0v) is 22.4. The quantitative estimate of drug-likeness (QED) is 0.219.